The molecule has 0 fully saturated rings. The van der Waals surface area contributed by atoms with Gasteiger partial charge in [0.1, 0.15) is 0 Å². The minimum atomic E-state index is -0.892. The van der Waals surface area contributed by atoms with Gasteiger partial charge in [-0.25, -0.2) is 0 Å². The minimum Gasteiger partial charge on any atom is -0.550 e. The molecule has 0 bridgehead atoms. The molecule has 0 amide bonds. The second-order valence-corrected chi connectivity index (χ2v) is 37.7. The predicted octanol–water partition coefficient (Wildman–Crippen LogP) is 35.2. The molecule has 0 aliphatic rings. The zero-order valence-electron chi connectivity index (χ0n) is 80.4. The van der Waals surface area contributed by atoms with Gasteiger partial charge in [-0.2, -0.15) is 0 Å². The molecule has 0 saturated carbocycles. The quantitative estimate of drug-likeness (QED) is 0.0445. The molecule has 0 aromatic heterocycles. The molecule has 0 aliphatic carbocycles. The van der Waals surface area contributed by atoms with Crippen LogP contribution in [0.4, 0.5) is 0 Å². The number of aliphatic carboxylic acids is 2. The van der Waals surface area contributed by atoms with E-state index in [0.29, 0.717) is 0 Å². The Morgan fingerprint density at radius 3 is 0.304 bits per heavy atom. The van der Waals surface area contributed by atoms with Crippen molar-refractivity contribution in [3.05, 3.63) is 0 Å². The summed E-state index contributed by atoms with van der Waals surface area (Å²) in [5, 5.41) is 21.6. The Morgan fingerprint density at radius 1 is 0.139 bits per heavy atom. The molecule has 0 rings (SSSR count). The molecule has 0 atom stereocenters. The first-order valence-electron chi connectivity index (χ1n) is 54.2. The molecule has 0 radical (unpaired) electrons. The van der Waals surface area contributed by atoms with Gasteiger partial charge < -0.3 is 29.6 Å². The second-order valence-electron chi connectivity index (χ2n) is 37.7. The van der Waals surface area contributed by atoms with Gasteiger partial charge >= 0.3 is 37.7 Å². The maximum Gasteiger partial charge on any atom is 2.00 e. The van der Waals surface area contributed by atoms with Crippen LogP contribution in [0.25, 0.3) is 0 Å². The molecule has 0 spiro atoms. The summed E-state index contributed by atoms with van der Waals surface area (Å²) in [5.74, 6) is -1.78. The van der Waals surface area contributed by atoms with E-state index in [1.54, 1.807) is 0 Å². The van der Waals surface area contributed by atoms with Crippen molar-refractivity contribution in [3.63, 3.8) is 0 Å². The molecule has 0 N–H and O–H groups in total. The zero-order chi connectivity index (χ0) is 82.4. The molecule has 0 aromatic carbocycles. The summed E-state index contributed by atoms with van der Waals surface area (Å²) >= 11 is 0. The monoisotopic (exact) mass is 1650 g/mol. The van der Waals surface area contributed by atoms with E-state index < -0.39 is 11.9 Å². The Balaban J connectivity index is -0.00000216. The Bertz CT molecular complexity index is 1480. The van der Waals surface area contributed by atoms with E-state index in [1.165, 1.54) is 591 Å². The van der Waals surface area contributed by atoms with Gasteiger partial charge in [-0.15, -0.1) is 0 Å². The molecule has 0 aromatic rings. The van der Waals surface area contributed by atoms with Crippen molar-refractivity contribution in [1.82, 2.24) is 9.80 Å². The Morgan fingerprint density at radius 2 is 0.217 bits per heavy atom. The predicted molar refractivity (Wildman–Crippen MR) is 515 cm³/mol. The largest absolute Gasteiger partial charge is 2.00 e. The van der Waals surface area contributed by atoms with E-state index in [9.17, 15) is 19.8 Å². The molecule has 0 heterocycles. The third-order valence-corrected chi connectivity index (χ3v) is 26.0. The van der Waals surface area contributed by atoms with E-state index in [-0.39, 0.29) is 50.6 Å². The first-order chi connectivity index (χ1) is 56.4. The number of carboxylic acids is 2. The molecule has 0 unspecified atom stereocenters. The maximum absolute atomic E-state index is 10.8. The molecular weight excluding hydrogens is 1430 g/mol. The van der Waals surface area contributed by atoms with Crippen molar-refractivity contribution >= 4 is 49.7 Å². The fourth-order valence-corrected chi connectivity index (χ4v) is 18.0. The summed E-state index contributed by atoms with van der Waals surface area (Å²) in [7, 11) is 0. The van der Waals surface area contributed by atoms with Gasteiger partial charge in [0.15, 0.2) is 0 Å². The fourth-order valence-electron chi connectivity index (χ4n) is 18.0. The summed E-state index contributed by atoms with van der Waals surface area (Å²) in [5.41, 5.74) is 0. The Hall–Kier alpha value is 0.120. The molecule has 115 heavy (non-hydrogen) atoms. The summed E-state index contributed by atoms with van der Waals surface area (Å²) in [6, 6.07) is 0. The summed E-state index contributed by atoms with van der Waals surface area (Å²) in [6.07, 6.45) is 133. The van der Waals surface area contributed by atoms with E-state index in [1.807, 2.05) is 0 Å². The van der Waals surface area contributed by atoms with E-state index in [0.717, 1.165) is 51.6 Å². The average Bonchev–Trinajstić information content (AvgIpc) is 1.04. The first-order valence-corrected chi connectivity index (χ1v) is 54.2. The topological polar surface area (TPSA) is 86.7 Å². The van der Waals surface area contributed by atoms with Crippen LogP contribution >= 0.6 is 0 Å². The maximum atomic E-state index is 10.8. The minimum absolute atomic E-state index is 0. The van der Waals surface area contributed by atoms with Gasteiger partial charge in [0.25, 0.3) is 0 Å². The zero-order valence-corrected chi connectivity index (χ0v) is 82.6. The van der Waals surface area contributed by atoms with Gasteiger partial charge in [-0.3, -0.25) is 0 Å². The molecule has 0 aliphatic heterocycles. The number of nitrogens with zero attached hydrogens (tertiary/aromatic N) is 2. The van der Waals surface area contributed by atoms with Crippen LogP contribution in [0.1, 0.15) is 644 Å². The Kier molecular flexibility index (Phi) is 116. The molecule has 6 nitrogen and oxygen atoms in total. The van der Waals surface area contributed by atoms with Crippen LogP contribution in [0.5, 0.6) is 0 Å². The standard InChI is InChI=1S/2C54H109NO2.Ca/c2*1-3-5-7-9-11-13-15-17-19-21-23-25-27-29-31-33-35-37-39-41-43-47-51-55(53-49-45-46-50-54(56)57)52-48-44-42-40-38-36-34-32-30-28-26-24-22-20-18-16-14-12-10-8-6-4-2;/h2*3-53H2,1-2H3,(H,56,57);/q;;+2/p-2. The van der Waals surface area contributed by atoms with Crippen LogP contribution in [-0.2, 0) is 9.59 Å². The molecular formula is C108H216CaN2O4. The number of hydrogen-bond donors (Lipinski definition) is 0. The van der Waals surface area contributed by atoms with Gasteiger partial charge in [0, 0.05) is 11.9 Å². The number of hydrogen-bond acceptors (Lipinski definition) is 6. The van der Waals surface area contributed by atoms with Crippen LogP contribution in [0.15, 0.2) is 0 Å². The number of rotatable bonds is 104. The van der Waals surface area contributed by atoms with Crippen molar-refractivity contribution in [2.45, 2.75) is 644 Å². The Labute approximate surface area is 756 Å². The van der Waals surface area contributed by atoms with Crippen molar-refractivity contribution < 1.29 is 19.8 Å². The van der Waals surface area contributed by atoms with Crippen molar-refractivity contribution in [2.75, 3.05) is 39.3 Å². The van der Waals surface area contributed by atoms with Crippen LogP contribution in [0.2, 0.25) is 0 Å². The van der Waals surface area contributed by atoms with Crippen LogP contribution < -0.4 is 10.2 Å². The summed E-state index contributed by atoms with van der Waals surface area (Å²) < 4.78 is 0. The number of carbonyl (C=O) groups is 2. The van der Waals surface area contributed by atoms with E-state index in [4.69, 9.17) is 0 Å². The van der Waals surface area contributed by atoms with Gasteiger partial charge in [0.2, 0.25) is 0 Å². The molecule has 7 heteroatoms. The smallest absolute Gasteiger partial charge is 0.550 e. The van der Waals surface area contributed by atoms with Crippen LogP contribution in [0, 0.1) is 0 Å². The number of carbonyl (C=O) groups excluding carboxylic acids is 2. The van der Waals surface area contributed by atoms with E-state index >= 15 is 0 Å². The third kappa shape index (κ3) is 114. The SMILES string of the molecule is CCCCCCCCCCCCCCCCCCCCCCCCN(CCCCCCCCCCCCCCCCCCCCCCCC)CCCCCC(=O)[O-].CCCCCCCCCCCCCCCCCCCCCCCCN(CCCCCCCCCCCCCCCCCCCCCCCC)CCCCCC(=O)[O-].[Ca+2]. The second kappa shape index (κ2) is 112. The summed E-state index contributed by atoms with van der Waals surface area (Å²) in [6.45, 7) is 16.4. The van der Waals surface area contributed by atoms with E-state index in [2.05, 4.69) is 37.5 Å². The number of carboxylic acid groups (broad SMARTS) is 2. The number of unbranched alkanes of at least 4 members (excludes halogenated alkanes) is 88. The van der Waals surface area contributed by atoms with Gasteiger partial charge in [-0.05, 0) is 103 Å². The van der Waals surface area contributed by atoms with Crippen molar-refractivity contribution in [1.29, 1.82) is 0 Å². The van der Waals surface area contributed by atoms with Crippen LogP contribution in [0.3, 0.4) is 0 Å². The van der Waals surface area contributed by atoms with Crippen LogP contribution in [-0.4, -0.2) is 98.7 Å². The third-order valence-electron chi connectivity index (χ3n) is 26.0. The van der Waals surface area contributed by atoms with Gasteiger partial charge in [-0.1, -0.05) is 580 Å². The summed E-state index contributed by atoms with van der Waals surface area (Å²) in [4.78, 5) is 27.0. The average molecular weight is 1650 g/mol. The van der Waals surface area contributed by atoms with Crippen molar-refractivity contribution in [3.8, 4) is 0 Å². The first kappa shape index (κ1) is 119. The normalized spacial score (nSPS) is 11.6. The van der Waals surface area contributed by atoms with Crippen molar-refractivity contribution in [2.24, 2.45) is 0 Å². The molecule has 0 saturated heterocycles. The molecule has 684 valence electrons. The van der Waals surface area contributed by atoms with Gasteiger partial charge in [0.05, 0.1) is 0 Å². The fraction of sp³-hybridized carbons (Fsp3) is 0.981.